The molecular formula is C11H16N2O. The van der Waals surface area contributed by atoms with Gasteiger partial charge in [0.2, 0.25) is 0 Å². The molecule has 0 bridgehead atoms. The van der Waals surface area contributed by atoms with E-state index in [0.717, 1.165) is 25.1 Å². The smallest absolute Gasteiger partial charge is 0.0794 e. The lowest BCUT2D eigenvalue weighted by Crippen LogP contribution is -2.46. The number of piperidine rings is 1. The first-order chi connectivity index (χ1) is 6.67. The Bertz CT molecular complexity index is 297. The molecule has 1 unspecified atom stereocenters. The topological polar surface area (TPSA) is 36.4 Å². The first-order valence-electron chi connectivity index (χ1n) is 5.05. The lowest BCUT2D eigenvalue weighted by atomic mass is 9.95. The van der Waals surface area contributed by atoms with E-state index in [9.17, 15) is 5.11 Å². The Morgan fingerprint density at radius 3 is 3.07 bits per heavy atom. The van der Waals surface area contributed by atoms with Crippen LogP contribution in [0, 0.1) is 0 Å². The molecule has 0 aliphatic carbocycles. The van der Waals surface area contributed by atoms with E-state index in [1.165, 1.54) is 0 Å². The SMILES string of the molecule is CC1(O)CCCN(c2cccnc2)C1. The Hall–Kier alpha value is -1.09. The van der Waals surface area contributed by atoms with Crippen molar-refractivity contribution >= 4 is 5.69 Å². The van der Waals surface area contributed by atoms with Gasteiger partial charge in [-0.1, -0.05) is 0 Å². The van der Waals surface area contributed by atoms with Crippen molar-refractivity contribution < 1.29 is 5.11 Å². The summed E-state index contributed by atoms with van der Waals surface area (Å²) in [4.78, 5) is 6.28. The van der Waals surface area contributed by atoms with Gasteiger partial charge in [-0.15, -0.1) is 0 Å². The van der Waals surface area contributed by atoms with Gasteiger partial charge >= 0.3 is 0 Å². The second kappa shape index (κ2) is 3.58. The van der Waals surface area contributed by atoms with Gasteiger partial charge < -0.3 is 10.0 Å². The molecule has 14 heavy (non-hydrogen) atoms. The second-order valence-corrected chi connectivity index (χ2v) is 4.23. The molecule has 3 heteroatoms. The molecule has 0 aromatic carbocycles. The third-order valence-corrected chi connectivity index (χ3v) is 2.69. The summed E-state index contributed by atoms with van der Waals surface area (Å²) in [6.45, 7) is 3.62. The van der Waals surface area contributed by atoms with Gasteiger partial charge in [0.25, 0.3) is 0 Å². The normalized spacial score (nSPS) is 27.7. The summed E-state index contributed by atoms with van der Waals surface area (Å²) in [6, 6.07) is 3.97. The number of aromatic nitrogens is 1. The molecule has 0 saturated carbocycles. The first kappa shape index (κ1) is 9.46. The second-order valence-electron chi connectivity index (χ2n) is 4.23. The van der Waals surface area contributed by atoms with Crippen LogP contribution in [0.25, 0.3) is 0 Å². The molecule has 2 heterocycles. The van der Waals surface area contributed by atoms with E-state index in [1.54, 1.807) is 6.20 Å². The Labute approximate surface area is 84.4 Å². The molecule has 0 spiro atoms. The van der Waals surface area contributed by atoms with E-state index in [1.807, 2.05) is 25.3 Å². The molecular weight excluding hydrogens is 176 g/mol. The molecule has 1 fully saturated rings. The molecule has 1 aromatic heterocycles. The van der Waals surface area contributed by atoms with Gasteiger partial charge in [-0.3, -0.25) is 4.98 Å². The lowest BCUT2D eigenvalue weighted by Gasteiger charge is -2.38. The molecule has 0 radical (unpaired) electrons. The highest BCUT2D eigenvalue weighted by molar-refractivity contribution is 5.44. The monoisotopic (exact) mass is 192 g/mol. The van der Waals surface area contributed by atoms with Crippen LogP contribution in [0.15, 0.2) is 24.5 Å². The number of aliphatic hydroxyl groups is 1. The zero-order valence-corrected chi connectivity index (χ0v) is 8.48. The average Bonchev–Trinajstić information content (AvgIpc) is 2.18. The summed E-state index contributed by atoms with van der Waals surface area (Å²) in [6.07, 6.45) is 5.55. The predicted octanol–water partition coefficient (Wildman–Crippen LogP) is 1.43. The third-order valence-electron chi connectivity index (χ3n) is 2.69. The van der Waals surface area contributed by atoms with E-state index in [2.05, 4.69) is 9.88 Å². The van der Waals surface area contributed by atoms with Crippen molar-refractivity contribution in [3.05, 3.63) is 24.5 Å². The minimum Gasteiger partial charge on any atom is -0.388 e. The zero-order chi connectivity index (χ0) is 10.0. The van der Waals surface area contributed by atoms with Crippen LogP contribution in [0.1, 0.15) is 19.8 Å². The van der Waals surface area contributed by atoms with E-state index in [0.29, 0.717) is 6.54 Å². The fraction of sp³-hybridized carbons (Fsp3) is 0.545. The van der Waals surface area contributed by atoms with Gasteiger partial charge in [0.1, 0.15) is 0 Å². The van der Waals surface area contributed by atoms with Gasteiger partial charge in [0.05, 0.1) is 17.5 Å². The number of rotatable bonds is 1. The van der Waals surface area contributed by atoms with Crippen LogP contribution in [0.3, 0.4) is 0 Å². The molecule has 76 valence electrons. The standard InChI is InChI=1S/C11H16N2O/c1-11(14)5-3-7-13(9-11)10-4-2-6-12-8-10/h2,4,6,8,14H,3,5,7,9H2,1H3. The molecule has 1 N–H and O–H groups in total. The van der Waals surface area contributed by atoms with Crippen molar-refractivity contribution in [2.75, 3.05) is 18.0 Å². The van der Waals surface area contributed by atoms with Crippen molar-refractivity contribution in [3.8, 4) is 0 Å². The highest BCUT2D eigenvalue weighted by Crippen LogP contribution is 2.24. The summed E-state index contributed by atoms with van der Waals surface area (Å²) in [5.74, 6) is 0. The minimum absolute atomic E-state index is 0.548. The maximum atomic E-state index is 9.94. The highest BCUT2D eigenvalue weighted by atomic mass is 16.3. The molecule has 1 saturated heterocycles. The number of β-amino-alcohol motifs (C(OH)–C–C–N with tert-alkyl or cyclic N) is 1. The summed E-state index contributed by atoms with van der Waals surface area (Å²) >= 11 is 0. The van der Waals surface area contributed by atoms with Gasteiger partial charge in [0, 0.05) is 19.3 Å². The molecule has 1 aromatic rings. The summed E-state index contributed by atoms with van der Waals surface area (Å²) < 4.78 is 0. The van der Waals surface area contributed by atoms with Crippen molar-refractivity contribution in [2.24, 2.45) is 0 Å². The van der Waals surface area contributed by atoms with Gasteiger partial charge in [-0.05, 0) is 31.9 Å². The summed E-state index contributed by atoms with van der Waals surface area (Å²) in [7, 11) is 0. The first-order valence-corrected chi connectivity index (χ1v) is 5.05. The van der Waals surface area contributed by atoms with E-state index in [-0.39, 0.29) is 0 Å². The third kappa shape index (κ3) is 2.04. The van der Waals surface area contributed by atoms with E-state index in [4.69, 9.17) is 0 Å². The van der Waals surface area contributed by atoms with Gasteiger partial charge in [-0.2, -0.15) is 0 Å². The lowest BCUT2D eigenvalue weighted by molar-refractivity contribution is 0.0449. The van der Waals surface area contributed by atoms with E-state index < -0.39 is 5.60 Å². The molecule has 1 atom stereocenters. The maximum absolute atomic E-state index is 9.94. The number of pyridine rings is 1. The van der Waals surface area contributed by atoms with Crippen LogP contribution >= 0.6 is 0 Å². The van der Waals surface area contributed by atoms with E-state index >= 15 is 0 Å². The van der Waals surface area contributed by atoms with Crippen molar-refractivity contribution in [1.82, 2.24) is 4.98 Å². The number of hydrogen-bond donors (Lipinski definition) is 1. The van der Waals surface area contributed by atoms with Crippen LogP contribution in [-0.2, 0) is 0 Å². The predicted molar refractivity (Wildman–Crippen MR) is 56.3 cm³/mol. The molecule has 1 aliphatic heterocycles. The molecule has 2 rings (SSSR count). The zero-order valence-electron chi connectivity index (χ0n) is 8.48. The largest absolute Gasteiger partial charge is 0.388 e. The molecule has 3 nitrogen and oxygen atoms in total. The van der Waals surface area contributed by atoms with Crippen LogP contribution in [0.4, 0.5) is 5.69 Å². The Morgan fingerprint density at radius 2 is 2.43 bits per heavy atom. The van der Waals surface area contributed by atoms with Crippen LogP contribution in [0.2, 0.25) is 0 Å². The number of hydrogen-bond acceptors (Lipinski definition) is 3. The minimum atomic E-state index is -0.548. The molecule has 0 amide bonds. The van der Waals surface area contributed by atoms with Gasteiger partial charge in [0.15, 0.2) is 0 Å². The van der Waals surface area contributed by atoms with Crippen LogP contribution < -0.4 is 4.90 Å². The fourth-order valence-corrected chi connectivity index (χ4v) is 1.98. The van der Waals surface area contributed by atoms with Crippen molar-refractivity contribution in [2.45, 2.75) is 25.4 Å². The van der Waals surface area contributed by atoms with Crippen LogP contribution in [-0.4, -0.2) is 28.8 Å². The Balaban J connectivity index is 2.12. The number of anilines is 1. The van der Waals surface area contributed by atoms with Crippen molar-refractivity contribution in [1.29, 1.82) is 0 Å². The maximum Gasteiger partial charge on any atom is 0.0794 e. The summed E-state index contributed by atoms with van der Waals surface area (Å²) in [5, 5.41) is 9.94. The van der Waals surface area contributed by atoms with Crippen molar-refractivity contribution in [3.63, 3.8) is 0 Å². The Kier molecular flexibility index (Phi) is 2.42. The quantitative estimate of drug-likeness (QED) is 0.731. The summed E-state index contributed by atoms with van der Waals surface area (Å²) in [5.41, 5.74) is 0.557. The highest BCUT2D eigenvalue weighted by Gasteiger charge is 2.28. The Morgan fingerprint density at radius 1 is 1.57 bits per heavy atom. The fourth-order valence-electron chi connectivity index (χ4n) is 1.98. The van der Waals surface area contributed by atoms with Crippen LogP contribution in [0.5, 0.6) is 0 Å². The average molecular weight is 192 g/mol. The van der Waals surface area contributed by atoms with Gasteiger partial charge in [-0.25, -0.2) is 0 Å². The molecule has 1 aliphatic rings. The number of nitrogens with zero attached hydrogens (tertiary/aromatic N) is 2.